The van der Waals surface area contributed by atoms with Crippen LogP contribution in [0.2, 0.25) is 0 Å². The molecule has 2 saturated heterocycles. The highest BCUT2D eigenvalue weighted by atomic mass is 16.5. The first kappa shape index (κ1) is 14.1. The van der Waals surface area contributed by atoms with Gasteiger partial charge in [-0.15, -0.1) is 0 Å². The SMILES string of the molecule is O=C(NCC1CC1c1ccccc1)N1CCC2(CCOC2)C1. The van der Waals surface area contributed by atoms with Gasteiger partial charge in [-0.25, -0.2) is 4.79 Å². The minimum absolute atomic E-state index is 0.113. The lowest BCUT2D eigenvalue weighted by molar-refractivity contribution is 0.152. The third-order valence-corrected chi connectivity index (χ3v) is 5.58. The van der Waals surface area contributed by atoms with E-state index in [-0.39, 0.29) is 11.4 Å². The molecule has 4 rings (SSSR count). The van der Waals surface area contributed by atoms with Crippen LogP contribution >= 0.6 is 0 Å². The molecule has 1 aromatic rings. The Hall–Kier alpha value is -1.55. The van der Waals surface area contributed by atoms with Crippen LogP contribution in [0.4, 0.5) is 4.79 Å². The maximum Gasteiger partial charge on any atom is 0.317 e. The summed E-state index contributed by atoms with van der Waals surface area (Å²) in [5.74, 6) is 1.24. The summed E-state index contributed by atoms with van der Waals surface area (Å²) >= 11 is 0. The van der Waals surface area contributed by atoms with Crippen LogP contribution in [0.25, 0.3) is 0 Å². The molecule has 1 spiro atoms. The first-order chi connectivity index (χ1) is 10.8. The number of nitrogens with zero attached hydrogens (tertiary/aromatic N) is 1. The third kappa shape index (κ3) is 2.72. The van der Waals surface area contributed by atoms with Gasteiger partial charge in [-0.2, -0.15) is 0 Å². The fourth-order valence-corrected chi connectivity index (χ4v) is 3.99. The molecule has 0 bridgehead atoms. The molecule has 4 heteroatoms. The second kappa shape index (κ2) is 5.58. The minimum Gasteiger partial charge on any atom is -0.381 e. The Balaban J connectivity index is 1.24. The Labute approximate surface area is 131 Å². The number of amides is 2. The Kier molecular flexibility index (Phi) is 3.57. The van der Waals surface area contributed by atoms with Crippen molar-refractivity contribution in [2.24, 2.45) is 11.3 Å². The topological polar surface area (TPSA) is 41.6 Å². The summed E-state index contributed by atoms with van der Waals surface area (Å²) in [6.07, 6.45) is 3.40. The summed E-state index contributed by atoms with van der Waals surface area (Å²) < 4.78 is 5.52. The van der Waals surface area contributed by atoms with E-state index in [2.05, 4.69) is 35.6 Å². The Bertz CT molecular complexity index is 539. The van der Waals surface area contributed by atoms with E-state index in [0.29, 0.717) is 11.8 Å². The first-order valence-corrected chi connectivity index (χ1v) is 8.41. The summed E-state index contributed by atoms with van der Waals surface area (Å²) in [5.41, 5.74) is 1.66. The number of nitrogens with one attached hydrogen (secondary N) is 1. The van der Waals surface area contributed by atoms with Gasteiger partial charge in [0.1, 0.15) is 0 Å². The van der Waals surface area contributed by atoms with Crippen molar-refractivity contribution in [2.45, 2.75) is 25.2 Å². The monoisotopic (exact) mass is 300 g/mol. The van der Waals surface area contributed by atoms with E-state index in [1.807, 2.05) is 4.90 Å². The van der Waals surface area contributed by atoms with Crippen molar-refractivity contribution in [3.05, 3.63) is 35.9 Å². The van der Waals surface area contributed by atoms with Gasteiger partial charge >= 0.3 is 6.03 Å². The molecular weight excluding hydrogens is 276 g/mol. The predicted octanol–water partition coefficient (Wildman–Crippen LogP) is 2.61. The molecule has 118 valence electrons. The van der Waals surface area contributed by atoms with Gasteiger partial charge in [-0.05, 0) is 36.7 Å². The maximum atomic E-state index is 12.3. The number of likely N-dealkylation sites (tertiary alicyclic amines) is 1. The minimum atomic E-state index is 0.113. The number of hydrogen-bond acceptors (Lipinski definition) is 2. The van der Waals surface area contributed by atoms with Gasteiger partial charge < -0.3 is 15.0 Å². The summed E-state index contributed by atoms with van der Waals surface area (Å²) in [6.45, 7) is 4.23. The fraction of sp³-hybridized carbons (Fsp3) is 0.611. The van der Waals surface area contributed by atoms with Crippen molar-refractivity contribution >= 4 is 6.03 Å². The lowest BCUT2D eigenvalue weighted by Gasteiger charge is -2.22. The van der Waals surface area contributed by atoms with Crippen LogP contribution in [-0.2, 0) is 4.74 Å². The van der Waals surface area contributed by atoms with Gasteiger partial charge in [0.05, 0.1) is 6.61 Å². The zero-order valence-corrected chi connectivity index (χ0v) is 13.0. The molecule has 1 aromatic carbocycles. The molecule has 0 radical (unpaired) electrons. The number of ether oxygens (including phenoxy) is 1. The Morgan fingerprint density at radius 2 is 2.18 bits per heavy atom. The van der Waals surface area contributed by atoms with Crippen molar-refractivity contribution < 1.29 is 9.53 Å². The van der Waals surface area contributed by atoms with E-state index in [1.165, 1.54) is 12.0 Å². The largest absolute Gasteiger partial charge is 0.381 e. The van der Waals surface area contributed by atoms with Gasteiger partial charge in [0.25, 0.3) is 0 Å². The van der Waals surface area contributed by atoms with Gasteiger partial charge in [0.2, 0.25) is 0 Å². The number of benzene rings is 1. The van der Waals surface area contributed by atoms with Crippen LogP contribution in [0, 0.1) is 11.3 Å². The maximum absolute atomic E-state index is 12.3. The van der Waals surface area contributed by atoms with Crippen LogP contribution in [-0.4, -0.2) is 43.8 Å². The number of urea groups is 1. The molecule has 22 heavy (non-hydrogen) atoms. The van der Waals surface area contributed by atoms with Gasteiger partial charge in [-0.1, -0.05) is 30.3 Å². The second-order valence-electron chi connectivity index (χ2n) is 7.17. The third-order valence-electron chi connectivity index (χ3n) is 5.58. The van der Waals surface area contributed by atoms with Crippen LogP contribution in [0.3, 0.4) is 0 Å². The quantitative estimate of drug-likeness (QED) is 0.932. The van der Waals surface area contributed by atoms with Gasteiger partial charge in [0, 0.05) is 31.7 Å². The summed E-state index contributed by atoms with van der Waals surface area (Å²) in [6, 6.07) is 10.7. The van der Waals surface area contributed by atoms with Gasteiger partial charge in [0.15, 0.2) is 0 Å². The average molecular weight is 300 g/mol. The number of hydrogen-bond donors (Lipinski definition) is 1. The average Bonchev–Trinajstić information content (AvgIpc) is 2.99. The molecule has 3 unspecified atom stereocenters. The zero-order valence-electron chi connectivity index (χ0n) is 13.0. The van der Waals surface area contributed by atoms with E-state index in [0.717, 1.165) is 45.7 Å². The van der Waals surface area contributed by atoms with Crippen molar-refractivity contribution in [1.82, 2.24) is 10.2 Å². The fourth-order valence-electron chi connectivity index (χ4n) is 3.99. The molecule has 1 aliphatic carbocycles. The van der Waals surface area contributed by atoms with E-state index >= 15 is 0 Å². The van der Waals surface area contributed by atoms with Crippen LogP contribution in [0.1, 0.15) is 30.7 Å². The molecule has 1 N–H and O–H groups in total. The van der Waals surface area contributed by atoms with E-state index in [4.69, 9.17) is 4.74 Å². The molecule has 2 heterocycles. The molecule has 1 saturated carbocycles. The number of carbonyl (C=O) groups is 1. The van der Waals surface area contributed by atoms with Gasteiger partial charge in [-0.3, -0.25) is 0 Å². The van der Waals surface area contributed by atoms with Crippen molar-refractivity contribution in [2.75, 3.05) is 32.8 Å². The summed E-state index contributed by atoms with van der Waals surface area (Å²) in [7, 11) is 0. The lowest BCUT2D eigenvalue weighted by atomic mass is 9.87. The van der Waals surface area contributed by atoms with Crippen LogP contribution in [0.5, 0.6) is 0 Å². The zero-order chi connectivity index (χ0) is 15.0. The van der Waals surface area contributed by atoms with E-state index < -0.39 is 0 Å². The van der Waals surface area contributed by atoms with Crippen molar-refractivity contribution in [3.63, 3.8) is 0 Å². The molecular formula is C18H24N2O2. The molecule has 2 aliphatic heterocycles. The highest BCUT2D eigenvalue weighted by Gasteiger charge is 2.43. The van der Waals surface area contributed by atoms with Crippen molar-refractivity contribution in [3.8, 4) is 0 Å². The summed E-state index contributed by atoms with van der Waals surface area (Å²) in [5, 5.41) is 3.14. The first-order valence-electron chi connectivity index (χ1n) is 8.41. The van der Waals surface area contributed by atoms with Crippen LogP contribution < -0.4 is 5.32 Å². The molecule has 0 aromatic heterocycles. The van der Waals surface area contributed by atoms with Crippen LogP contribution in [0.15, 0.2) is 30.3 Å². The molecule has 4 nitrogen and oxygen atoms in total. The highest BCUT2D eigenvalue weighted by molar-refractivity contribution is 5.74. The molecule has 3 atom stereocenters. The second-order valence-corrected chi connectivity index (χ2v) is 7.17. The molecule has 2 amide bonds. The molecule has 3 fully saturated rings. The number of carbonyl (C=O) groups excluding carboxylic acids is 1. The van der Waals surface area contributed by atoms with Crippen molar-refractivity contribution in [1.29, 1.82) is 0 Å². The highest BCUT2D eigenvalue weighted by Crippen LogP contribution is 2.46. The smallest absolute Gasteiger partial charge is 0.317 e. The lowest BCUT2D eigenvalue weighted by Crippen LogP contribution is -2.40. The predicted molar refractivity (Wildman–Crippen MR) is 84.7 cm³/mol. The van der Waals surface area contributed by atoms with E-state index in [9.17, 15) is 4.79 Å². The Morgan fingerprint density at radius 1 is 1.32 bits per heavy atom. The normalized spacial score (nSPS) is 33.4. The molecule has 3 aliphatic rings. The number of rotatable bonds is 3. The Morgan fingerprint density at radius 3 is 2.95 bits per heavy atom. The summed E-state index contributed by atoms with van der Waals surface area (Å²) in [4.78, 5) is 14.3. The van der Waals surface area contributed by atoms with E-state index in [1.54, 1.807) is 0 Å². The standard InChI is InChI=1S/C18H24N2O2/c21-17(20-8-6-18(12-20)7-9-22-13-18)19-11-15-10-16(15)14-4-2-1-3-5-14/h1-5,15-16H,6-13H2,(H,19,21).